The van der Waals surface area contributed by atoms with E-state index in [1.54, 1.807) is 12.3 Å². The summed E-state index contributed by atoms with van der Waals surface area (Å²) in [4.78, 5) is 4.27. The van der Waals surface area contributed by atoms with Crippen LogP contribution >= 0.6 is 0 Å². The van der Waals surface area contributed by atoms with Crippen LogP contribution in [0.15, 0.2) is 36.5 Å². The second-order valence-corrected chi connectivity index (χ2v) is 3.17. The molecule has 0 amide bonds. The van der Waals surface area contributed by atoms with Crippen molar-refractivity contribution >= 4 is 21.7 Å². The fraction of sp³-hybridized carbons (Fsp3) is 0. The lowest BCUT2D eigenvalue weighted by atomic mass is 10.1. The van der Waals surface area contributed by atoms with Gasteiger partial charge in [-0.1, -0.05) is 12.1 Å². The predicted octanol–water partition coefficient (Wildman–Crippen LogP) is 2.53. The number of phenolic OH excluding ortho intramolecular Hbond substituents is 1. The van der Waals surface area contributed by atoms with Gasteiger partial charge in [-0.05, 0) is 23.6 Å². The normalized spacial score (nSPS) is 11.4. The minimum atomic E-state index is 0.334. The SMILES string of the molecule is Oc1cc2cnc3cccc1c3c2. The molecule has 0 fully saturated rings. The van der Waals surface area contributed by atoms with Crippen molar-refractivity contribution in [2.45, 2.75) is 0 Å². The van der Waals surface area contributed by atoms with Crippen molar-refractivity contribution in [3.63, 3.8) is 0 Å². The van der Waals surface area contributed by atoms with Crippen molar-refractivity contribution in [1.82, 2.24) is 4.98 Å². The monoisotopic (exact) mass is 169 g/mol. The van der Waals surface area contributed by atoms with Crippen LogP contribution in [0.3, 0.4) is 0 Å². The molecule has 0 aliphatic heterocycles. The summed E-state index contributed by atoms with van der Waals surface area (Å²) < 4.78 is 0. The Morgan fingerprint density at radius 1 is 1.08 bits per heavy atom. The number of hydrogen-bond donors (Lipinski definition) is 1. The van der Waals surface area contributed by atoms with Crippen LogP contribution in [-0.2, 0) is 0 Å². The van der Waals surface area contributed by atoms with E-state index in [0.717, 1.165) is 21.7 Å². The number of benzene rings is 2. The molecule has 2 aromatic carbocycles. The summed E-state index contributed by atoms with van der Waals surface area (Å²) in [7, 11) is 0. The number of hydrogen-bond acceptors (Lipinski definition) is 2. The number of aromatic hydroxyl groups is 1. The maximum absolute atomic E-state index is 9.65. The highest BCUT2D eigenvalue weighted by molar-refractivity contribution is 6.02. The summed E-state index contributed by atoms with van der Waals surface area (Å²) in [6, 6.07) is 9.52. The highest BCUT2D eigenvalue weighted by Gasteiger charge is 2.04. The van der Waals surface area contributed by atoms with Gasteiger partial charge in [0, 0.05) is 17.0 Å². The summed E-state index contributed by atoms with van der Waals surface area (Å²) in [5.74, 6) is 0.334. The van der Waals surface area contributed by atoms with Gasteiger partial charge >= 0.3 is 0 Å². The zero-order chi connectivity index (χ0) is 8.84. The summed E-state index contributed by atoms with van der Waals surface area (Å²) in [5, 5.41) is 12.5. The molecule has 1 heterocycles. The van der Waals surface area contributed by atoms with Gasteiger partial charge in [0.15, 0.2) is 0 Å². The number of rotatable bonds is 0. The van der Waals surface area contributed by atoms with Gasteiger partial charge < -0.3 is 5.11 Å². The lowest BCUT2D eigenvalue weighted by Crippen LogP contribution is -1.82. The standard InChI is InChI=1S/C11H7NO/c13-11-5-7-4-9-8(11)2-1-3-10(9)12-6-7/h1-6,13H. The fourth-order valence-corrected chi connectivity index (χ4v) is 1.70. The Hall–Kier alpha value is -1.83. The van der Waals surface area contributed by atoms with Gasteiger partial charge in [0.1, 0.15) is 5.75 Å². The Labute approximate surface area is 74.8 Å². The molecular formula is C11H7NO. The molecule has 0 spiro atoms. The minimum absolute atomic E-state index is 0.334. The van der Waals surface area contributed by atoms with Crippen LogP contribution in [0.1, 0.15) is 0 Å². The lowest BCUT2D eigenvalue weighted by Gasteiger charge is -2.04. The van der Waals surface area contributed by atoms with Crippen molar-refractivity contribution in [2.75, 3.05) is 0 Å². The summed E-state index contributed by atoms with van der Waals surface area (Å²) in [6.07, 6.45) is 1.77. The molecule has 3 aromatic rings. The Morgan fingerprint density at radius 3 is 2.92 bits per heavy atom. The van der Waals surface area contributed by atoms with E-state index >= 15 is 0 Å². The third kappa shape index (κ3) is 0.798. The van der Waals surface area contributed by atoms with Crippen LogP contribution in [0.5, 0.6) is 5.75 Å². The van der Waals surface area contributed by atoms with E-state index in [1.165, 1.54) is 0 Å². The second-order valence-electron chi connectivity index (χ2n) is 3.17. The largest absolute Gasteiger partial charge is 0.507 e. The van der Waals surface area contributed by atoms with Crippen LogP contribution < -0.4 is 0 Å². The summed E-state index contributed by atoms with van der Waals surface area (Å²) in [5.41, 5.74) is 0.931. The molecule has 1 N–H and O–H groups in total. The van der Waals surface area contributed by atoms with Crippen LogP contribution in [0.25, 0.3) is 21.7 Å². The minimum Gasteiger partial charge on any atom is -0.507 e. The van der Waals surface area contributed by atoms with Crippen LogP contribution in [0.4, 0.5) is 0 Å². The number of aromatic nitrogens is 1. The molecule has 0 atom stereocenters. The maximum atomic E-state index is 9.65. The molecule has 13 heavy (non-hydrogen) atoms. The molecule has 0 unspecified atom stereocenters. The van der Waals surface area contributed by atoms with Gasteiger partial charge in [-0.2, -0.15) is 0 Å². The van der Waals surface area contributed by atoms with Crippen molar-refractivity contribution in [3.05, 3.63) is 36.5 Å². The maximum Gasteiger partial charge on any atom is 0.124 e. The Kier molecular flexibility index (Phi) is 1.08. The molecule has 62 valence electrons. The molecule has 0 saturated carbocycles. The molecule has 3 rings (SSSR count). The fourth-order valence-electron chi connectivity index (χ4n) is 1.70. The zero-order valence-corrected chi connectivity index (χ0v) is 6.86. The second kappa shape index (κ2) is 2.10. The van der Waals surface area contributed by atoms with E-state index in [4.69, 9.17) is 0 Å². The lowest BCUT2D eigenvalue weighted by molar-refractivity contribution is 0.482. The van der Waals surface area contributed by atoms with Crippen molar-refractivity contribution in [1.29, 1.82) is 0 Å². The molecular weight excluding hydrogens is 162 g/mol. The molecule has 1 aromatic heterocycles. The van der Waals surface area contributed by atoms with Crippen molar-refractivity contribution in [2.24, 2.45) is 0 Å². The summed E-state index contributed by atoms with van der Waals surface area (Å²) in [6.45, 7) is 0. The van der Waals surface area contributed by atoms with E-state index in [1.807, 2.05) is 24.3 Å². The van der Waals surface area contributed by atoms with E-state index < -0.39 is 0 Å². The molecule has 0 aliphatic carbocycles. The number of fused-ring (bicyclic) bond motifs is 1. The average Bonchev–Trinajstić information content (AvgIpc) is 2.17. The van der Waals surface area contributed by atoms with Gasteiger partial charge in [0.2, 0.25) is 0 Å². The number of nitrogens with zero attached hydrogens (tertiary/aromatic N) is 1. The van der Waals surface area contributed by atoms with E-state index in [0.29, 0.717) is 5.75 Å². The highest BCUT2D eigenvalue weighted by Crippen LogP contribution is 2.30. The first kappa shape index (κ1) is 6.66. The molecule has 0 aliphatic rings. The van der Waals surface area contributed by atoms with Gasteiger partial charge in [-0.3, -0.25) is 4.98 Å². The van der Waals surface area contributed by atoms with Gasteiger partial charge in [0.25, 0.3) is 0 Å². The van der Waals surface area contributed by atoms with Crippen molar-refractivity contribution < 1.29 is 5.11 Å². The smallest absolute Gasteiger partial charge is 0.124 e. The molecule has 2 nitrogen and oxygen atoms in total. The van der Waals surface area contributed by atoms with E-state index in [-0.39, 0.29) is 0 Å². The van der Waals surface area contributed by atoms with Crippen LogP contribution in [0, 0.1) is 0 Å². The molecule has 0 saturated heterocycles. The quantitative estimate of drug-likeness (QED) is 0.561. The van der Waals surface area contributed by atoms with Crippen LogP contribution in [0.2, 0.25) is 0 Å². The van der Waals surface area contributed by atoms with E-state index in [2.05, 4.69) is 4.98 Å². The first-order valence-corrected chi connectivity index (χ1v) is 4.14. The third-order valence-corrected chi connectivity index (χ3v) is 2.33. The Balaban J connectivity index is 2.72. The zero-order valence-electron chi connectivity index (χ0n) is 6.86. The van der Waals surface area contributed by atoms with E-state index in [9.17, 15) is 5.11 Å². The first-order chi connectivity index (χ1) is 6.34. The van der Waals surface area contributed by atoms with Gasteiger partial charge in [-0.25, -0.2) is 0 Å². The third-order valence-electron chi connectivity index (χ3n) is 2.33. The molecule has 2 bridgehead atoms. The summed E-state index contributed by atoms with van der Waals surface area (Å²) >= 11 is 0. The average molecular weight is 169 g/mol. The Morgan fingerprint density at radius 2 is 2.00 bits per heavy atom. The van der Waals surface area contributed by atoms with Crippen LogP contribution in [-0.4, -0.2) is 10.1 Å². The Bertz CT molecular complexity index is 574. The molecule has 2 heteroatoms. The van der Waals surface area contributed by atoms with Crippen molar-refractivity contribution in [3.8, 4) is 5.75 Å². The van der Waals surface area contributed by atoms with Gasteiger partial charge in [0.05, 0.1) is 5.52 Å². The highest BCUT2D eigenvalue weighted by atomic mass is 16.3. The number of pyridine rings is 1. The first-order valence-electron chi connectivity index (χ1n) is 4.14. The van der Waals surface area contributed by atoms with Gasteiger partial charge in [-0.15, -0.1) is 0 Å². The number of phenols is 1. The molecule has 0 radical (unpaired) electrons. The predicted molar refractivity (Wildman–Crippen MR) is 52.1 cm³/mol. The topological polar surface area (TPSA) is 33.1 Å².